The fourth-order valence-corrected chi connectivity index (χ4v) is 1.46. The summed E-state index contributed by atoms with van der Waals surface area (Å²) in [6.45, 7) is -0.178. The molecule has 0 aliphatic rings. The van der Waals surface area contributed by atoms with Crippen LogP contribution in [0.3, 0.4) is 0 Å². The zero-order valence-electron chi connectivity index (χ0n) is 9.32. The van der Waals surface area contributed by atoms with Crippen LogP contribution in [0.2, 0.25) is 0 Å². The zero-order chi connectivity index (χ0) is 12.1. The molecule has 16 heavy (non-hydrogen) atoms. The lowest BCUT2D eigenvalue weighted by Gasteiger charge is -2.12. The molecule has 0 aliphatic carbocycles. The Morgan fingerprint density at radius 2 is 1.75 bits per heavy atom. The maximum Gasteiger partial charge on any atom is 0.221 e. The third-order valence-electron chi connectivity index (χ3n) is 2.24. The molecule has 0 radical (unpaired) electrons. The van der Waals surface area contributed by atoms with E-state index in [0.717, 1.165) is 0 Å². The van der Waals surface area contributed by atoms with E-state index in [4.69, 9.17) is 20.3 Å². The van der Waals surface area contributed by atoms with Crippen molar-refractivity contribution in [1.29, 1.82) is 0 Å². The average molecular weight is 225 g/mol. The highest BCUT2D eigenvalue weighted by Crippen LogP contribution is 2.30. The van der Waals surface area contributed by atoms with Crippen LogP contribution < -0.4 is 15.2 Å². The number of nitrogens with two attached hydrogens (primary N) is 1. The summed E-state index contributed by atoms with van der Waals surface area (Å²) in [7, 11) is 3.01. The summed E-state index contributed by atoms with van der Waals surface area (Å²) in [6.07, 6.45) is 0.0657. The zero-order valence-corrected chi connectivity index (χ0v) is 9.32. The third-order valence-corrected chi connectivity index (χ3v) is 2.24. The monoisotopic (exact) mass is 225 g/mol. The molecule has 0 heterocycles. The highest BCUT2D eigenvalue weighted by Gasteiger charge is 2.12. The molecule has 0 unspecified atom stereocenters. The number of amides is 1. The summed E-state index contributed by atoms with van der Waals surface area (Å²) in [5, 5.41) is 9.17. The van der Waals surface area contributed by atoms with Gasteiger partial charge >= 0.3 is 0 Å². The lowest BCUT2D eigenvalue weighted by Crippen LogP contribution is -2.15. The maximum atomic E-state index is 10.9. The van der Waals surface area contributed by atoms with Gasteiger partial charge in [-0.2, -0.15) is 0 Å². The van der Waals surface area contributed by atoms with Crippen LogP contribution in [-0.2, 0) is 17.8 Å². The van der Waals surface area contributed by atoms with E-state index < -0.39 is 5.91 Å². The lowest BCUT2D eigenvalue weighted by molar-refractivity contribution is -0.117. The van der Waals surface area contributed by atoms with Crippen molar-refractivity contribution in [1.82, 2.24) is 0 Å². The van der Waals surface area contributed by atoms with Crippen molar-refractivity contribution in [3.05, 3.63) is 23.3 Å². The Morgan fingerprint density at radius 1 is 1.25 bits per heavy atom. The number of ether oxygens (including phenoxy) is 2. The molecule has 0 saturated heterocycles. The molecule has 1 aromatic rings. The molecule has 5 nitrogen and oxygen atoms in total. The molecule has 0 bridgehead atoms. The number of benzene rings is 1. The minimum Gasteiger partial charge on any atom is -0.493 e. The number of aliphatic hydroxyl groups is 1. The Morgan fingerprint density at radius 3 is 2.12 bits per heavy atom. The van der Waals surface area contributed by atoms with Crippen molar-refractivity contribution in [2.75, 3.05) is 14.2 Å². The second-order valence-corrected chi connectivity index (χ2v) is 3.28. The van der Waals surface area contributed by atoms with E-state index in [1.807, 2.05) is 0 Å². The van der Waals surface area contributed by atoms with Crippen LogP contribution in [0.5, 0.6) is 11.5 Å². The predicted octanol–water partition coefficient (Wildman–Crippen LogP) is 0.224. The van der Waals surface area contributed by atoms with Crippen LogP contribution in [0.15, 0.2) is 12.1 Å². The first-order valence-electron chi connectivity index (χ1n) is 4.75. The normalized spacial score (nSPS) is 9.94. The van der Waals surface area contributed by atoms with Crippen molar-refractivity contribution in [2.24, 2.45) is 5.73 Å². The first-order valence-corrected chi connectivity index (χ1v) is 4.75. The molecule has 0 atom stereocenters. The van der Waals surface area contributed by atoms with Gasteiger partial charge in [-0.15, -0.1) is 0 Å². The summed E-state index contributed by atoms with van der Waals surface area (Å²) in [5.74, 6) is 0.567. The second-order valence-electron chi connectivity index (χ2n) is 3.28. The smallest absolute Gasteiger partial charge is 0.221 e. The minimum absolute atomic E-state index is 0.0657. The minimum atomic E-state index is -0.457. The number of methoxy groups -OCH3 is 2. The third kappa shape index (κ3) is 2.64. The molecule has 0 aromatic heterocycles. The van der Waals surface area contributed by atoms with Crippen LogP contribution in [0.4, 0.5) is 0 Å². The van der Waals surface area contributed by atoms with Gasteiger partial charge in [0.2, 0.25) is 5.91 Å². The first kappa shape index (κ1) is 12.3. The molecule has 0 fully saturated rings. The molecule has 0 aliphatic heterocycles. The Labute approximate surface area is 93.8 Å². The van der Waals surface area contributed by atoms with E-state index in [9.17, 15) is 4.79 Å². The molecule has 0 saturated carbocycles. The fraction of sp³-hybridized carbons (Fsp3) is 0.364. The number of carbonyl (C=O) groups is 1. The summed E-state index contributed by atoms with van der Waals surface area (Å²) < 4.78 is 10.2. The molecule has 1 aromatic carbocycles. The van der Waals surface area contributed by atoms with Gasteiger partial charge in [-0.05, 0) is 23.3 Å². The molecule has 1 rings (SSSR count). The van der Waals surface area contributed by atoms with E-state index in [2.05, 4.69) is 0 Å². The van der Waals surface area contributed by atoms with Gasteiger partial charge in [0.25, 0.3) is 0 Å². The fourth-order valence-electron chi connectivity index (χ4n) is 1.46. The van der Waals surface area contributed by atoms with Gasteiger partial charge in [0.1, 0.15) is 0 Å². The average Bonchev–Trinajstić information content (AvgIpc) is 2.27. The van der Waals surface area contributed by atoms with Crippen LogP contribution in [-0.4, -0.2) is 25.2 Å². The summed E-state index contributed by atoms with van der Waals surface area (Å²) >= 11 is 0. The van der Waals surface area contributed by atoms with E-state index in [1.54, 1.807) is 12.1 Å². The number of rotatable bonds is 5. The summed E-state index contributed by atoms with van der Waals surface area (Å²) in [4.78, 5) is 10.9. The van der Waals surface area contributed by atoms with Gasteiger partial charge in [0.15, 0.2) is 11.5 Å². The van der Waals surface area contributed by atoms with Crippen LogP contribution >= 0.6 is 0 Å². The number of hydrogen-bond acceptors (Lipinski definition) is 4. The first-order chi connectivity index (χ1) is 7.62. The quantitative estimate of drug-likeness (QED) is 0.751. The van der Waals surface area contributed by atoms with Gasteiger partial charge in [0.05, 0.1) is 27.2 Å². The second kappa shape index (κ2) is 5.37. The van der Waals surface area contributed by atoms with Crippen molar-refractivity contribution >= 4 is 5.91 Å². The maximum absolute atomic E-state index is 10.9. The van der Waals surface area contributed by atoms with Crippen molar-refractivity contribution < 1.29 is 19.4 Å². The Balaban J connectivity index is 3.20. The highest BCUT2D eigenvalue weighted by molar-refractivity contribution is 5.77. The van der Waals surface area contributed by atoms with Gasteiger partial charge in [0, 0.05) is 0 Å². The summed E-state index contributed by atoms with van der Waals surface area (Å²) in [6, 6.07) is 3.28. The molecule has 5 heteroatoms. The Hall–Kier alpha value is -1.75. The standard InChI is InChI=1S/C11H15NO4/c1-15-9-3-7(5-11(12)14)8(6-13)4-10(9)16-2/h3-4,13H,5-6H2,1-2H3,(H2,12,14). The largest absolute Gasteiger partial charge is 0.493 e. The van der Waals surface area contributed by atoms with Crippen molar-refractivity contribution in [3.63, 3.8) is 0 Å². The molecule has 88 valence electrons. The van der Waals surface area contributed by atoms with E-state index in [-0.39, 0.29) is 13.0 Å². The summed E-state index contributed by atoms with van der Waals surface area (Å²) in [5.41, 5.74) is 6.37. The van der Waals surface area contributed by atoms with Crippen LogP contribution in [0.25, 0.3) is 0 Å². The van der Waals surface area contributed by atoms with Gasteiger partial charge in [-0.25, -0.2) is 0 Å². The van der Waals surface area contributed by atoms with E-state index in [0.29, 0.717) is 22.6 Å². The van der Waals surface area contributed by atoms with Gasteiger partial charge in [-0.1, -0.05) is 0 Å². The molecular formula is C11H15NO4. The molecular weight excluding hydrogens is 210 g/mol. The van der Waals surface area contributed by atoms with E-state index in [1.165, 1.54) is 14.2 Å². The van der Waals surface area contributed by atoms with Gasteiger partial charge in [-0.3, -0.25) is 4.79 Å². The van der Waals surface area contributed by atoms with Gasteiger partial charge < -0.3 is 20.3 Å². The predicted molar refractivity (Wildman–Crippen MR) is 58.4 cm³/mol. The number of carbonyl (C=O) groups excluding carboxylic acids is 1. The number of primary amides is 1. The van der Waals surface area contributed by atoms with Crippen LogP contribution in [0, 0.1) is 0 Å². The highest BCUT2D eigenvalue weighted by atomic mass is 16.5. The van der Waals surface area contributed by atoms with Crippen LogP contribution in [0.1, 0.15) is 11.1 Å². The molecule has 0 spiro atoms. The lowest BCUT2D eigenvalue weighted by atomic mass is 10.0. The number of aliphatic hydroxyl groups excluding tert-OH is 1. The van der Waals surface area contributed by atoms with E-state index >= 15 is 0 Å². The molecule has 3 N–H and O–H groups in total. The van der Waals surface area contributed by atoms with Crippen molar-refractivity contribution in [3.8, 4) is 11.5 Å². The number of hydrogen-bond donors (Lipinski definition) is 2. The van der Waals surface area contributed by atoms with Crippen molar-refractivity contribution in [2.45, 2.75) is 13.0 Å². The Bertz CT molecular complexity index is 390. The molecule has 1 amide bonds. The Kier molecular flexibility index (Phi) is 4.13. The SMILES string of the molecule is COc1cc(CO)c(CC(N)=O)cc1OC. The topological polar surface area (TPSA) is 81.8 Å².